The van der Waals surface area contributed by atoms with Crippen LogP contribution in [0, 0.1) is 0 Å². The van der Waals surface area contributed by atoms with Crippen molar-refractivity contribution >= 4 is 44.1 Å². The molecular weight excluding hydrogens is 464 g/mol. The van der Waals surface area contributed by atoms with Crippen molar-refractivity contribution in [1.29, 1.82) is 0 Å². The van der Waals surface area contributed by atoms with Gasteiger partial charge < -0.3 is 0 Å². The summed E-state index contributed by atoms with van der Waals surface area (Å²) in [6.45, 7) is 0. The summed E-state index contributed by atoms with van der Waals surface area (Å²) in [5.74, 6) is 0. The lowest BCUT2D eigenvalue weighted by Crippen LogP contribution is -1.95. The molecule has 9 rings (SSSR count). The predicted octanol–water partition coefficient (Wildman–Crippen LogP) is 10.6. The van der Waals surface area contributed by atoms with Crippen LogP contribution in [0.15, 0.2) is 131 Å². The average molecular weight is 485 g/mol. The van der Waals surface area contributed by atoms with E-state index in [1.165, 1.54) is 86.6 Å². The van der Waals surface area contributed by atoms with E-state index in [2.05, 4.69) is 121 Å². The molecule has 0 amide bonds. The third-order valence-electron chi connectivity index (χ3n) is 8.18. The van der Waals surface area contributed by atoms with Crippen LogP contribution in [-0.2, 0) is 0 Å². The minimum atomic E-state index is 1.29. The molecule has 0 saturated heterocycles. The molecule has 7 aromatic carbocycles. The summed E-state index contributed by atoms with van der Waals surface area (Å²) < 4.78 is 0. The summed E-state index contributed by atoms with van der Waals surface area (Å²) >= 11 is 1.89. The van der Waals surface area contributed by atoms with Crippen molar-refractivity contribution in [3.63, 3.8) is 0 Å². The van der Waals surface area contributed by atoms with Crippen LogP contribution in [0.2, 0.25) is 0 Å². The summed E-state index contributed by atoms with van der Waals surface area (Å²) in [7, 11) is 0. The van der Waals surface area contributed by atoms with E-state index >= 15 is 0 Å². The van der Waals surface area contributed by atoms with E-state index in [0.717, 1.165) is 0 Å². The molecule has 0 atom stereocenters. The van der Waals surface area contributed by atoms with Crippen LogP contribution in [0.5, 0.6) is 0 Å². The van der Waals surface area contributed by atoms with Crippen molar-refractivity contribution in [2.75, 3.05) is 0 Å². The smallest absolute Gasteiger partial charge is 0.0207 e. The molecule has 0 N–H and O–H groups in total. The second-order valence-corrected chi connectivity index (χ2v) is 11.1. The van der Waals surface area contributed by atoms with Crippen molar-refractivity contribution in [2.24, 2.45) is 0 Å². The van der Waals surface area contributed by atoms with Gasteiger partial charge in [-0.2, -0.15) is 0 Å². The van der Waals surface area contributed by atoms with E-state index < -0.39 is 0 Å². The Hall–Kier alpha value is -4.33. The molecule has 0 unspecified atom stereocenters. The highest BCUT2D eigenvalue weighted by atomic mass is 32.2. The number of rotatable bonds is 1. The first kappa shape index (κ1) is 19.8. The minimum absolute atomic E-state index is 1.29. The molecule has 2 aliphatic rings. The molecule has 1 aliphatic heterocycles. The highest BCUT2D eigenvalue weighted by Gasteiger charge is 2.28. The lowest BCUT2D eigenvalue weighted by Gasteiger charge is -2.23. The highest BCUT2D eigenvalue weighted by Crippen LogP contribution is 2.56. The van der Waals surface area contributed by atoms with Gasteiger partial charge in [0.25, 0.3) is 0 Å². The van der Waals surface area contributed by atoms with E-state index in [4.69, 9.17) is 0 Å². The molecule has 0 aromatic heterocycles. The molecule has 1 heteroatoms. The van der Waals surface area contributed by atoms with E-state index in [-0.39, 0.29) is 0 Å². The normalized spacial score (nSPS) is 12.8. The first-order chi connectivity index (χ1) is 18.4. The molecule has 7 aromatic rings. The molecule has 37 heavy (non-hydrogen) atoms. The molecule has 170 valence electrons. The highest BCUT2D eigenvalue weighted by molar-refractivity contribution is 7.99. The standard InChI is InChI=1S/C36H20S/c1-2-11-23-22(8-1)20-30-27-13-5-9-21-10-6-16-29(33(21)27)36(30)35(23)28-18-19-32-34-25(14-7-15-26(28)34)24-12-3-4-17-31(24)37-32/h1-20H. The van der Waals surface area contributed by atoms with Gasteiger partial charge in [0.1, 0.15) is 0 Å². The Morgan fingerprint density at radius 2 is 1.03 bits per heavy atom. The lowest BCUT2D eigenvalue weighted by atomic mass is 9.85. The number of benzene rings is 7. The SMILES string of the molecule is c1ccc2c(c1)Sc1ccc(-c3c4c(cc5ccccc35)-c3cccc5cccc-4c35)c3cccc-2c13. The Kier molecular flexibility index (Phi) is 3.81. The van der Waals surface area contributed by atoms with Gasteiger partial charge in [0.05, 0.1) is 0 Å². The van der Waals surface area contributed by atoms with Crippen LogP contribution < -0.4 is 0 Å². The topological polar surface area (TPSA) is 0 Å². The summed E-state index contributed by atoms with van der Waals surface area (Å²) in [6.07, 6.45) is 0. The quantitative estimate of drug-likeness (QED) is 0.223. The van der Waals surface area contributed by atoms with Crippen LogP contribution in [-0.4, -0.2) is 0 Å². The minimum Gasteiger partial charge on any atom is -0.0888 e. The van der Waals surface area contributed by atoms with Gasteiger partial charge in [-0.15, -0.1) is 0 Å². The molecule has 0 nitrogen and oxygen atoms in total. The largest absolute Gasteiger partial charge is 0.0888 e. The molecule has 1 heterocycles. The van der Waals surface area contributed by atoms with Crippen molar-refractivity contribution < 1.29 is 0 Å². The van der Waals surface area contributed by atoms with Crippen LogP contribution in [0.1, 0.15) is 0 Å². The fourth-order valence-corrected chi connectivity index (χ4v) is 7.82. The van der Waals surface area contributed by atoms with Gasteiger partial charge in [-0.1, -0.05) is 115 Å². The lowest BCUT2D eigenvalue weighted by molar-refractivity contribution is 1.40. The predicted molar refractivity (Wildman–Crippen MR) is 158 cm³/mol. The Balaban J connectivity index is 1.46. The van der Waals surface area contributed by atoms with Gasteiger partial charge in [0.2, 0.25) is 0 Å². The zero-order valence-electron chi connectivity index (χ0n) is 20.0. The molecular formula is C36H20S. The van der Waals surface area contributed by atoms with Gasteiger partial charge in [-0.25, -0.2) is 0 Å². The number of hydrogen-bond acceptors (Lipinski definition) is 1. The van der Waals surface area contributed by atoms with Crippen LogP contribution in [0.4, 0.5) is 0 Å². The maximum atomic E-state index is 2.40. The second kappa shape index (κ2) is 7.12. The Bertz CT molecular complexity index is 2110. The maximum Gasteiger partial charge on any atom is 0.0207 e. The van der Waals surface area contributed by atoms with Crippen LogP contribution in [0.3, 0.4) is 0 Å². The van der Waals surface area contributed by atoms with Gasteiger partial charge in [0.15, 0.2) is 0 Å². The number of hydrogen-bond donors (Lipinski definition) is 0. The third-order valence-corrected chi connectivity index (χ3v) is 9.32. The summed E-state index contributed by atoms with van der Waals surface area (Å²) in [4.78, 5) is 2.68. The summed E-state index contributed by atoms with van der Waals surface area (Å²) in [5.41, 5.74) is 10.8. The van der Waals surface area contributed by atoms with E-state index in [9.17, 15) is 0 Å². The van der Waals surface area contributed by atoms with Crippen molar-refractivity contribution in [3.05, 3.63) is 121 Å². The van der Waals surface area contributed by atoms with E-state index in [0.29, 0.717) is 0 Å². The molecule has 0 fully saturated rings. The molecule has 0 radical (unpaired) electrons. The first-order valence-electron chi connectivity index (χ1n) is 12.8. The molecule has 1 aliphatic carbocycles. The maximum absolute atomic E-state index is 2.40. The molecule has 0 spiro atoms. The van der Waals surface area contributed by atoms with E-state index in [1.54, 1.807) is 0 Å². The Morgan fingerprint density at radius 1 is 0.351 bits per heavy atom. The van der Waals surface area contributed by atoms with Crippen LogP contribution in [0.25, 0.3) is 76.8 Å². The fraction of sp³-hybridized carbons (Fsp3) is 0. The van der Waals surface area contributed by atoms with Gasteiger partial charge in [0, 0.05) is 15.2 Å². The molecule has 0 bridgehead atoms. The Labute approximate surface area is 219 Å². The Morgan fingerprint density at radius 3 is 1.95 bits per heavy atom. The zero-order valence-corrected chi connectivity index (χ0v) is 20.8. The molecule has 0 saturated carbocycles. The van der Waals surface area contributed by atoms with E-state index in [1.807, 2.05) is 11.8 Å². The summed E-state index contributed by atoms with van der Waals surface area (Å²) in [5, 5.41) is 8.00. The third kappa shape index (κ3) is 2.54. The fourth-order valence-electron chi connectivity index (χ4n) is 6.69. The zero-order chi connectivity index (χ0) is 24.1. The monoisotopic (exact) mass is 484 g/mol. The number of fused-ring (bicyclic) bond motifs is 6. The first-order valence-corrected chi connectivity index (χ1v) is 13.6. The van der Waals surface area contributed by atoms with Crippen molar-refractivity contribution in [1.82, 2.24) is 0 Å². The van der Waals surface area contributed by atoms with Crippen LogP contribution >= 0.6 is 11.8 Å². The van der Waals surface area contributed by atoms with Gasteiger partial charge in [-0.3, -0.25) is 0 Å². The average Bonchev–Trinajstić information content (AvgIpc) is 3.27. The summed E-state index contributed by atoms with van der Waals surface area (Å²) in [6, 6.07) is 45.2. The van der Waals surface area contributed by atoms with Crippen molar-refractivity contribution in [3.8, 4) is 44.5 Å². The van der Waals surface area contributed by atoms with Gasteiger partial charge in [-0.05, 0) is 89.6 Å². The van der Waals surface area contributed by atoms with Crippen molar-refractivity contribution in [2.45, 2.75) is 9.79 Å². The van der Waals surface area contributed by atoms with Gasteiger partial charge >= 0.3 is 0 Å². The second-order valence-electron chi connectivity index (χ2n) is 10.0.